The minimum atomic E-state index is -1.01. The zero-order chi connectivity index (χ0) is 13.6. The maximum atomic E-state index is 12.1. The third-order valence-electron chi connectivity index (χ3n) is 3.45. The van der Waals surface area contributed by atoms with Gasteiger partial charge in [-0.2, -0.15) is 0 Å². The predicted molar refractivity (Wildman–Crippen MR) is 66.5 cm³/mol. The van der Waals surface area contributed by atoms with Gasteiger partial charge in [0.1, 0.15) is 6.04 Å². The molecule has 0 aromatic rings. The normalized spacial score (nSPS) is 13.5. The highest BCUT2D eigenvalue weighted by Gasteiger charge is 2.36. The maximum absolute atomic E-state index is 12.1. The molecule has 1 atom stereocenters. The summed E-state index contributed by atoms with van der Waals surface area (Å²) in [6.07, 6.45) is 1.21. The number of amides is 1. The van der Waals surface area contributed by atoms with Crippen LogP contribution in [0.4, 0.5) is 0 Å². The number of carbonyl (C=O) groups is 2. The maximum Gasteiger partial charge on any atom is 0.326 e. The zero-order valence-electron chi connectivity index (χ0n) is 11.1. The molecule has 4 N–H and O–H groups in total. The van der Waals surface area contributed by atoms with Gasteiger partial charge in [0, 0.05) is 6.54 Å². The van der Waals surface area contributed by atoms with Crippen LogP contribution in [0.25, 0.3) is 0 Å². The second kappa shape index (κ2) is 6.59. The number of hydrogen-bond acceptors (Lipinski definition) is 3. The van der Waals surface area contributed by atoms with Crippen molar-refractivity contribution in [3.05, 3.63) is 0 Å². The SMILES string of the molecule is CCC(CC)(CN)C(=O)N[C@@H](C(=O)O)C(C)C. The monoisotopic (exact) mass is 244 g/mol. The van der Waals surface area contributed by atoms with E-state index in [2.05, 4.69) is 5.32 Å². The first-order valence-electron chi connectivity index (χ1n) is 6.08. The van der Waals surface area contributed by atoms with E-state index in [1.165, 1.54) is 0 Å². The second-order valence-electron chi connectivity index (χ2n) is 4.72. The molecule has 0 aromatic heterocycles. The number of rotatable bonds is 7. The quantitative estimate of drug-likeness (QED) is 0.622. The van der Waals surface area contributed by atoms with Crippen molar-refractivity contribution in [3.63, 3.8) is 0 Å². The van der Waals surface area contributed by atoms with Crippen LogP contribution in [0, 0.1) is 11.3 Å². The summed E-state index contributed by atoms with van der Waals surface area (Å²) < 4.78 is 0. The Hall–Kier alpha value is -1.10. The van der Waals surface area contributed by atoms with Gasteiger partial charge in [0.25, 0.3) is 0 Å². The molecular formula is C12H24N2O3. The zero-order valence-corrected chi connectivity index (χ0v) is 11.1. The fourth-order valence-electron chi connectivity index (χ4n) is 1.76. The fourth-order valence-corrected chi connectivity index (χ4v) is 1.76. The molecule has 0 fully saturated rings. The molecule has 0 aliphatic heterocycles. The lowest BCUT2D eigenvalue weighted by Gasteiger charge is -2.31. The van der Waals surface area contributed by atoms with Gasteiger partial charge in [-0.3, -0.25) is 4.79 Å². The van der Waals surface area contributed by atoms with Gasteiger partial charge in [0.2, 0.25) is 5.91 Å². The lowest BCUT2D eigenvalue weighted by atomic mass is 9.81. The third kappa shape index (κ3) is 3.70. The largest absolute Gasteiger partial charge is 0.480 e. The Morgan fingerprint density at radius 3 is 2.00 bits per heavy atom. The lowest BCUT2D eigenvalue weighted by molar-refractivity contribution is -0.145. The summed E-state index contributed by atoms with van der Waals surface area (Å²) in [5, 5.41) is 11.6. The molecule has 100 valence electrons. The first-order valence-corrected chi connectivity index (χ1v) is 6.08. The van der Waals surface area contributed by atoms with Gasteiger partial charge in [0.05, 0.1) is 5.41 Å². The Balaban J connectivity index is 4.86. The predicted octanol–water partition coefficient (Wildman–Crippen LogP) is 0.977. The van der Waals surface area contributed by atoms with Crippen molar-refractivity contribution in [2.24, 2.45) is 17.1 Å². The molecule has 0 aromatic carbocycles. The average molecular weight is 244 g/mol. The Morgan fingerprint density at radius 2 is 1.76 bits per heavy atom. The van der Waals surface area contributed by atoms with Crippen molar-refractivity contribution in [3.8, 4) is 0 Å². The number of carbonyl (C=O) groups excluding carboxylic acids is 1. The molecule has 0 unspecified atom stereocenters. The standard InChI is InChI=1S/C12H24N2O3/c1-5-12(6-2,7-13)11(17)14-9(8(3)4)10(15)16/h8-9H,5-7,13H2,1-4H3,(H,14,17)(H,15,16)/t9-/m1/s1. The van der Waals surface area contributed by atoms with Crippen LogP contribution in [0.1, 0.15) is 40.5 Å². The Kier molecular flexibility index (Phi) is 6.16. The highest BCUT2D eigenvalue weighted by molar-refractivity contribution is 5.87. The molecule has 0 saturated heterocycles. The average Bonchev–Trinajstić information content (AvgIpc) is 2.28. The molecule has 0 spiro atoms. The summed E-state index contributed by atoms with van der Waals surface area (Å²) >= 11 is 0. The Morgan fingerprint density at radius 1 is 1.29 bits per heavy atom. The van der Waals surface area contributed by atoms with Gasteiger partial charge in [-0.1, -0.05) is 27.7 Å². The minimum absolute atomic E-state index is 0.152. The van der Waals surface area contributed by atoms with E-state index in [-0.39, 0.29) is 18.4 Å². The van der Waals surface area contributed by atoms with E-state index in [4.69, 9.17) is 10.8 Å². The molecule has 5 nitrogen and oxygen atoms in total. The number of aliphatic carboxylic acids is 1. The third-order valence-corrected chi connectivity index (χ3v) is 3.45. The van der Waals surface area contributed by atoms with Crippen LogP contribution < -0.4 is 11.1 Å². The highest BCUT2D eigenvalue weighted by atomic mass is 16.4. The van der Waals surface area contributed by atoms with Crippen LogP contribution >= 0.6 is 0 Å². The molecule has 5 heteroatoms. The van der Waals surface area contributed by atoms with E-state index in [0.717, 1.165) is 0 Å². The summed E-state index contributed by atoms with van der Waals surface area (Å²) in [6, 6.07) is -0.855. The first-order chi connectivity index (χ1) is 7.84. The molecular weight excluding hydrogens is 220 g/mol. The van der Waals surface area contributed by atoms with E-state index in [1.54, 1.807) is 13.8 Å². The summed E-state index contributed by atoms with van der Waals surface area (Å²) in [4.78, 5) is 23.1. The smallest absolute Gasteiger partial charge is 0.326 e. The molecule has 0 radical (unpaired) electrons. The van der Waals surface area contributed by atoms with Crippen molar-refractivity contribution < 1.29 is 14.7 Å². The van der Waals surface area contributed by atoms with Gasteiger partial charge >= 0.3 is 5.97 Å². The summed E-state index contributed by atoms with van der Waals surface area (Å²) in [5.41, 5.74) is 5.00. The molecule has 17 heavy (non-hydrogen) atoms. The van der Waals surface area contributed by atoms with Crippen LogP contribution in [0.15, 0.2) is 0 Å². The van der Waals surface area contributed by atoms with Crippen molar-refractivity contribution in [1.82, 2.24) is 5.32 Å². The van der Waals surface area contributed by atoms with Gasteiger partial charge in [-0.15, -0.1) is 0 Å². The van der Waals surface area contributed by atoms with Gasteiger partial charge < -0.3 is 16.2 Å². The van der Waals surface area contributed by atoms with E-state index in [0.29, 0.717) is 12.8 Å². The highest BCUT2D eigenvalue weighted by Crippen LogP contribution is 2.25. The van der Waals surface area contributed by atoms with Crippen LogP contribution in [-0.4, -0.2) is 29.6 Å². The van der Waals surface area contributed by atoms with E-state index >= 15 is 0 Å². The Labute approximate surface area is 103 Å². The molecule has 0 saturated carbocycles. The molecule has 0 aliphatic rings. The van der Waals surface area contributed by atoms with Crippen LogP contribution in [0.5, 0.6) is 0 Å². The number of carboxylic acid groups (broad SMARTS) is 1. The van der Waals surface area contributed by atoms with E-state index in [1.807, 2.05) is 13.8 Å². The van der Waals surface area contributed by atoms with Crippen molar-refractivity contribution >= 4 is 11.9 Å². The van der Waals surface area contributed by atoms with Gasteiger partial charge in [0.15, 0.2) is 0 Å². The van der Waals surface area contributed by atoms with Crippen LogP contribution in [0.3, 0.4) is 0 Å². The number of carboxylic acids is 1. The number of nitrogens with two attached hydrogens (primary N) is 1. The topological polar surface area (TPSA) is 92.4 Å². The summed E-state index contributed by atoms with van der Waals surface area (Å²) in [6.45, 7) is 7.54. The van der Waals surface area contributed by atoms with Crippen LogP contribution in [-0.2, 0) is 9.59 Å². The lowest BCUT2D eigenvalue weighted by Crippen LogP contribution is -2.52. The molecule has 0 heterocycles. The van der Waals surface area contributed by atoms with Gasteiger partial charge in [-0.25, -0.2) is 4.79 Å². The van der Waals surface area contributed by atoms with E-state index < -0.39 is 17.4 Å². The molecule has 0 bridgehead atoms. The van der Waals surface area contributed by atoms with Crippen molar-refractivity contribution in [1.29, 1.82) is 0 Å². The van der Waals surface area contributed by atoms with Crippen molar-refractivity contribution in [2.45, 2.75) is 46.6 Å². The van der Waals surface area contributed by atoms with Crippen molar-refractivity contribution in [2.75, 3.05) is 6.54 Å². The minimum Gasteiger partial charge on any atom is -0.480 e. The molecule has 0 rings (SSSR count). The molecule has 1 amide bonds. The molecule has 0 aliphatic carbocycles. The van der Waals surface area contributed by atoms with E-state index in [9.17, 15) is 9.59 Å². The number of nitrogens with one attached hydrogen (secondary N) is 1. The fraction of sp³-hybridized carbons (Fsp3) is 0.833. The number of hydrogen-bond donors (Lipinski definition) is 3. The summed E-state index contributed by atoms with van der Waals surface area (Å²) in [7, 11) is 0. The second-order valence-corrected chi connectivity index (χ2v) is 4.72. The van der Waals surface area contributed by atoms with Crippen LogP contribution in [0.2, 0.25) is 0 Å². The van der Waals surface area contributed by atoms with Gasteiger partial charge in [-0.05, 0) is 18.8 Å². The first kappa shape index (κ1) is 15.9. The summed E-state index contributed by atoms with van der Waals surface area (Å²) in [5.74, 6) is -1.42. The Bertz CT molecular complexity index is 265.